The molecule has 0 aliphatic heterocycles. The Bertz CT molecular complexity index is 261. The molecule has 1 aromatic rings. The van der Waals surface area contributed by atoms with Crippen molar-refractivity contribution in [2.45, 2.75) is 13.3 Å². The van der Waals surface area contributed by atoms with Crippen molar-refractivity contribution in [3.05, 3.63) is 9.30 Å². The molecule has 0 aromatic carbocycles. The second-order valence-corrected chi connectivity index (χ2v) is 4.02. The largest absolute Gasteiger partial charge is 0.310 e. The Morgan fingerprint density at radius 1 is 1.91 bits per heavy atom. The molecular formula is C6H7BrN2OS. The van der Waals surface area contributed by atoms with E-state index in [1.165, 1.54) is 11.3 Å². The summed E-state index contributed by atoms with van der Waals surface area (Å²) in [4.78, 5) is 14.8. The molecule has 1 rings (SSSR count). The number of rotatable bonds is 2. The maximum Gasteiger partial charge on any atom is 0.225 e. The Morgan fingerprint density at radius 2 is 2.64 bits per heavy atom. The van der Waals surface area contributed by atoms with E-state index < -0.39 is 0 Å². The van der Waals surface area contributed by atoms with E-state index in [4.69, 9.17) is 0 Å². The summed E-state index contributed by atoms with van der Waals surface area (Å²) < 4.78 is 0.781. The average molecular weight is 235 g/mol. The van der Waals surface area contributed by atoms with Crippen molar-refractivity contribution in [1.29, 1.82) is 0 Å². The highest BCUT2D eigenvalue weighted by atomic mass is 79.9. The predicted molar refractivity (Wildman–Crippen MR) is 48.7 cm³/mol. The maximum atomic E-state index is 10.8. The quantitative estimate of drug-likeness (QED) is 0.854. The van der Waals surface area contributed by atoms with E-state index in [9.17, 15) is 4.79 Å². The molecule has 0 radical (unpaired) electrons. The fourth-order valence-electron chi connectivity index (χ4n) is 0.540. The Labute approximate surface area is 77.0 Å². The molecule has 1 amide bonds. The van der Waals surface area contributed by atoms with Gasteiger partial charge in [-0.2, -0.15) is 0 Å². The fourth-order valence-corrected chi connectivity index (χ4v) is 1.48. The first kappa shape index (κ1) is 8.67. The second-order valence-electron chi connectivity index (χ2n) is 1.89. The molecule has 0 spiro atoms. The van der Waals surface area contributed by atoms with Gasteiger partial charge in [-0.05, 0) is 15.9 Å². The predicted octanol–water partition coefficient (Wildman–Crippen LogP) is 2.25. The SMILES string of the molecule is CCC(=O)Nc1csc(Br)n1. The molecule has 0 unspecified atom stereocenters. The Hall–Kier alpha value is -0.420. The molecule has 3 nitrogen and oxygen atoms in total. The summed E-state index contributed by atoms with van der Waals surface area (Å²) in [5.41, 5.74) is 0. The third-order valence-corrected chi connectivity index (χ3v) is 2.43. The van der Waals surface area contributed by atoms with Crippen molar-refractivity contribution in [2.75, 3.05) is 5.32 Å². The number of amides is 1. The fraction of sp³-hybridized carbons (Fsp3) is 0.333. The van der Waals surface area contributed by atoms with Crippen LogP contribution < -0.4 is 5.32 Å². The minimum atomic E-state index is -0.0113. The topological polar surface area (TPSA) is 42.0 Å². The lowest BCUT2D eigenvalue weighted by molar-refractivity contribution is -0.115. The average Bonchev–Trinajstić information content (AvgIpc) is 2.35. The zero-order valence-corrected chi connectivity index (χ0v) is 8.33. The molecule has 5 heteroatoms. The van der Waals surface area contributed by atoms with E-state index in [2.05, 4.69) is 26.2 Å². The normalized spacial score (nSPS) is 9.64. The molecule has 0 saturated carbocycles. The van der Waals surface area contributed by atoms with Crippen LogP contribution in [0.15, 0.2) is 9.30 Å². The molecule has 1 aromatic heterocycles. The first-order valence-corrected chi connectivity index (χ1v) is 4.80. The molecule has 0 atom stereocenters. The van der Waals surface area contributed by atoms with Crippen LogP contribution in [-0.4, -0.2) is 10.9 Å². The molecule has 0 fully saturated rings. The molecule has 1 N–H and O–H groups in total. The lowest BCUT2D eigenvalue weighted by atomic mass is 10.4. The number of aromatic nitrogens is 1. The van der Waals surface area contributed by atoms with Crippen LogP contribution in [0.2, 0.25) is 0 Å². The number of thiazole rings is 1. The number of carbonyl (C=O) groups is 1. The van der Waals surface area contributed by atoms with Gasteiger partial charge in [0.1, 0.15) is 5.82 Å². The van der Waals surface area contributed by atoms with Crippen molar-refractivity contribution in [2.24, 2.45) is 0 Å². The number of hydrogen-bond acceptors (Lipinski definition) is 3. The zero-order chi connectivity index (χ0) is 8.27. The minimum absolute atomic E-state index is 0.0113. The van der Waals surface area contributed by atoms with Gasteiger partial charge in [0.2, 0.25) is 5.91 Å². The molecule has 0 aliphatic carbocycles. The number of hydrogen-bond donors (Lipinski definition) is 1. The highest BCUT2D eigenvalue weighted by molar-refractivity contribution is 9.11. The number of carbonyl (C=O) groups excluding carboxylic acids is 1. The summed E-state index contributed by atoms with van der Waals surface area (Å²) >= 11 is 4.65. The summed E-state index contributed by atoms with van der Waals surface area (Å²) in [7, 11) is 0. The van der Waals surface area contributed by atoms with Gasteiger partial charge in [0.05, 0.1) is 0 Å². The van der Waals surface area contributed by atoms with Crippen LogP contribution >= 0.6 is 27.3 Å². The Balaban J connectivity index is 2.57. The summed E-state index contributed by atoms with van der Waals surface area (Å²) in [6.07, 6.45) is 0.481. The van der Waals surface area contributed by atoms with Gasteiger partial charge in [-0.3, -0.25) is 4.79 Å². The third kappa shape index (κ3) is 2.59. The van der Waals surface area contributed by atoms with E-state index in [1.807, 2.05) is 0 Å². The highest BCUT2D eigenvalue weighted by Gasteiger charge is 2.01. The van der Waals surface area contributed by atoms with Gasteiger partial charge < -0.3 is 5.32 Å². The standard InChI is InChI=1S/C6H7BrN2OS/c1-2-5(10)8-4-3-11-6(7)9-4/h3H,2H2,1H3,(H,8,10). The molecule has 1 heterocycles. The summed E-state index contributed by atoms with van der Waals surface area (Å²) in [6.45, 7) is 1.80. The van der Waals surface area contributed by atoms with Crippen molar-refractivity contribution in [3.8, 4) is 0 Å². The summed E-state index contributed by atoms with van der Waals surface area (Å²) in [5, 5.41) is 4.43. The van der Waals surface area contributed by atoms with Gasteiger partial charge in [-0.1, -0.05) is 6.92 Å². The van der Waals surface area contributed by atoms with E-state index in [1.54, 1.807) is 12.3 Å². The molecule has 60 valence electrons. The first-order valence-electron chi connectivity index (χ1n) is 3.13. The van der Waals surface area contributed by atoms with Crippen molar-refractivity contribution < 1.29 is 4.79 Å². The van der Waals surface area contributed by atoms with Crippen LogP contribution in [0.25, 0.3) is 0 Å². The molecule has 11 heavy (non-hydrogen) atoms. The number of halogens is 1. The van der Waals surface area contributed by atoms with Gasteiger partial charge in [0.15, 0.2) is 3.92 Å². The number of nitrogens with one attached hydrogen (secondary N) is 1. The van der Waals surface area contributed by atoms with Gasteiger partial charge in [0, 0.05) is 11.8 Å². The Kier molecular flexibility index (Phi) is 3.02. The van der Waals surface area contributed by atoms with E-state index in [-0.39, 0.29) is 5.91 Å². The first-order chi connectivity index (χ1) is 5.22. The smallest absolute Gasteiger partial charge is 0.225 e. The maximum absolute atomic E-state index is 10.8. The van der Waals surface area contributed by atoms with Crippen LogP contribution in [-0.2, 0) is 4.79 Å². The van der Waals surface area contributed by atoms with Crippen molar-refractivity contribution >= 4 is 39.0 Å². The number of nitrogens with zero attached hydrogens (tertiary/aromatic N) is 1. The van der Waals surface area contributed by atoms with E-state index in [0.717, 1.165) is 3.92 Å². The highest BCUT2D eigenvalue weighted by Crippen LogP contribution is 2.19. The van der Waals surface area contributed by atoms with Gasteiger partial charge in [0.25, 0.3) is 0 Å². The van der Waals surface area contributed by atoms with Crippen molar-refractivity contribution in [3.63, 3.8) is 0 Å². The van der Waals surface area contributed by atoms with Crippen LogP contribution in [0.4, 0.5) is 5.82 Å². The Morgan fingerprint density at radius 3 is 3.09 bits per heavy atom. The summed E-state index contributed by atoms with van der Waals surface area (Å²) in [6, 6.07) is 0. The molecule has 0 aliphatic rings. The zero-order valence-electron chi connectivity index (χ0n) is 5.93. The van der Waals surface area contributed by atoms with Crippen LogP contribution in [0, 0.1) is 0 Å². The monoisotopic (exact) mass is 234 g/mol. The van der Waals surface area contributed by atoms with Gasteiger partial charge in [-0.15, -0.1) is 11.3 Å². The van der Waals surface area contributed by atoms with E-state index in [0.29, 0.717) is 12.2 Å². The lowest BCUT2D eigenvalue weighted by Gasteiger charge is -1.95. The van der Waals surface area contributed by atoms with Crippen molar-refractivity contribution in [1.82, 2.24) is 4.98 Å². The molecular weight excluding hydrogens is 228 g/mol. The van der Waals surface area contributed by atoms with E-state index >= 15 is 0 Å². The summed E-state index contributed by atoms with van der Waals surface area (Å²) in [5.74, 6) is 0.608. The van der Waals surface area contributed by atoms with Gasteiger partial charge in [-0.25, -0.2) is 4.98 Å². The van der Waals surface area contributed by atoms with Crippen LogP contribution in [0.5, 0.6) is 0 Å². The second kappa shape index (κ2) is 3.82. The third-order valence-electron chi connectivity index (χ3n) is 1.06. The molecule has 0 bridgehead atoms. The number of anilines is 1. The lowest BCUT2D eigenvalue weighted by Crippen LogP contribution is -2.09. The van der Waals surface area contributed by atoms with Crippen LogP contribution in [0.1, 0.15) is 13.3 Å². The minimum Gasteiger partial charge on any atom is -0.310 e. The van der Waals surface area contributed by atoms with Crippen LogP contribution in [0.3, 0.4) is 0 Å². The molecule has 0 saturated heterocycles. The van der Waals surface area contributed by atoms with Gasteiger partial charge >= 0.3 is 0 Å².